The van der Waals surface area contributed by atoms with Crippen molar-refractivity contribution in [2.75, 3.05) is 13.7 Å². The molecule has 1 saturated carbocycles. The highest BCUT2D eigenvalue weighted by molar-refractivity contribution is 5.88. The number of amides is 2. The Balaban J connectivity index is 1.48. The Hall–Kier alpha value is -2.89. The lowest BCUT2D eigenvalue weighted by Gasteiger charge is -2.29. The first-order valence-corrected chi connectivity index (χ1v) is 10.7. The van der Waals surface area contributed by atoms with E-state index in [1.807, 2.05) is 35.4 Å². The van der Waals surface area contributed by atoms with Crippen molar-refractivity contribution in [2.24, 2.45) is 0 Å². The summed E-state index contributed by atoms with van der Waals surface area (Å²) in [5.41, 5.74) is 3.68. The topological polar surface area (TPSA) is 71.5 Å². The maximum atomic E-state index is 13.3. The third-order valence-electron chi connectivity index (χ3n) is 6.53. The van der Waals surface area contributed by atoms with Crippen molar-refractivity contribution in [3.05, 3.63) is 58.9 Å². The lowest BCUT2D eigenvalue weighted by atomic mass is 9.78. The molecule has 2 aliphatic rings. The Morgan fingerprint density at radius 3 is 2.60 bits per heavy atom. The fraction of sp³-hybridized carbons (Fsp3) is 0.458. The van der Waals surface area contributed by atoms with Crippen LogP contribution in [-0.2, 0) is 34.5 Å². The van der Waals surface area contributed by atoms with E-state index in [-0.39, 0.29) is 11.8 Å². The summed E-state index contributed by atoms with van der Waals surface area (Å²) in [6, 6.07) is 9.96. The van der Waals surface area contributed by atoms with Crippen LogP contribution in [0.4, 0.5) is 0 Å². The number of hydrogen-bond acceptors (Lipinski definition) is 4. The van der Waals surface area contributed by atoms with E-state index >= 15 is 0 Å². The van der Waals surface area contributed by atoms with E-state index in [1.165, 1.54) is 0 Å². The average molecular weight is 408 g/mol. The van der Waals surface area contributed by atoms with Crippen molar-refractivity contribution in [1.29, 1.82) is 0 Å². The van der Waals surface area contributed by atoms with Crippen LogP contribution in [0, 0.1) is 0 Å². The molecule has 1 aromatic heterocycles. The molecule has 1 fully saturated rings. The summed E-state index contributed by atoms with van der Waals surface area (Å²) in [5.74, 6) is 0.960. The van der Waals surface area contributed by atoms with Gasteiger partial charge in [0.15, 0.2) is 0 Å². The van der Waals surface area contributed by atoms with Crippen LogP contribution in [0.2, 0.25) is 0 Å². The van der Waals surface area contributed by atoms with E-state index in [0.29, 0.717) is 13.1 Å². The molecule has 0 radical (unpaired) electrons. The molecule has 0 atom stereocenters. The van der Waals surface area contributed by atoms with E-state index in [1.54, 1.807) is 14.0 Å². The minimum absolute atomic E-state index is 0.0771. The third-order valence-corrected chi connectivity index (χ3v) is 6.53. The van der Waals surface area contributed by atoms with Crippen LogP contribution in [0.15, 0.2) is 36.5 Å². The van der Waals surface area contributed by atoms with Crippen molar-refractivity contribution in [3.63, 3.8) is 0 Å². The first kappa shape index (κ1) is 20.4. The molecule has 0 bridgehead atoms. The molecule has 2 heterocycles. The highest BCUT2D eigenvalue weighted by Crippen LogP contribution is 2.42. The number of rotatable bonds is 5. The van der Waals surface area contributed by atoms with Gasteiger partial charge in [0.05, 0.1) is 12.5 Å². The zero-order valence-corrected chi connectivity index (χ0v) is 17.7. The predicted octanol–water partition coefficient (Wildman–Crippen LogP) is 3.12. The van der Waals surface area contributed by atoms with Gasteiger partial charge < -0.3 is 15.0 Å². The number of carbonyl (C=O) groups is 2. The Morgan fingerprint density at radius 2 is 1.93 bits per heavy atom. The van der Waals surface area contributed by atoms with Gasteiger partial charge in [-0.2, -0.15) is 0 Å². The van der Waals surface area contributed by atoms with Gasteiger partial charge in [-0.3, -0.25) is 14.6 Å². The largest absolute Gasteiger partial charge is 0.497 e. The quantitative estimate of drug-likeness (QED) is 0.827. The van der Waals surface area contributed by atoms with Gasteiger partial charge in [-0.05, 0) is 47.7 Å². The molecule has 4 rings (SSSR count). The fourth-order valence-corrected chi connectivity index (χ4v) is 4.73. The standard InChI is InChI=1S/C24H29N3O3/c1-17(28)27-12-9-22-19(16-27)13-18(14-25-22)15-26-23(29)24(10-3-4-11-24)20-5-7-21(30-2)8-6-20/h5-8,13-14H,3-4,9-12,15-16H2,1-2H3,(H,26,29). The SMILES string of the molecule is COc1ccc(C2(C(=O)NCc3cnc4c(c3)CN(C(C)=O)CC4)CCCC2)cc1. The van der Waals surface area contributed by atoms with E-state index in [0.717, 1.165) is 66.8 Å². The van der Waals surface area contributed by atoms with Crippen LogP contribution in [-0.4, -0.2) is 35.4 Å². The minimum Gasteiger partial charge on any atom is -0.497 e. The van der Waals surface area contributed by atoms with Gasteiger partial charge in [-0.15, -0.1) is 0 Å². The van der Waals surface area contributed by atoms with Crippen molar-refractivity contribution >= 4 is 11.8 Å². The number of hydrogen-bond donors (Lipinski definition) is 1. The van der Waals surface area contributed by atoms with Crippen LogP contribution >= 0.6 is 0 Å². The fourth-order valence-electron chi connectivity index (χ4n) is 4.73. The molecule has 158 valence electrons. The second-order valence-corrected chi connectivity index (χ2v) is 8.34. The summed E-state index contributed by atoms with van der Waals surface area (Å²) in [6.45, 7) is 3.35. The molecule has 1 aliphatic heterocycles. The molecular weight excluding hydrogens is 378 g/mol. The van der Waals surface area contributed by atoms with Crippen LogP contribution in [0.25, 0.3) is 0 Å². The molecule has 2 aromatic rings. The monoisotopic (exact) mass is 407 g/mol. The number of ether oxygens (including phenoxy) is 1. The van der Waals surface area contributed by atoms with E-state index in [4.69, 9.17) is 4.74 Å². The molecule has 0 unspecified atom stereocenters. The summed E-state index contributed by atoms with van der Waals surface area (Å²) < 4.78 is 5.27. The number of pyridine rings is 1. The number of benzene rings is 1. The number of nitrogens with one attached hydrogen (secondary N) is 1. The number of fused-ring (bicyclic) bond motifs is 1. The van der Waals surface area contributed by atoms with Crippen LogP contribution in [0.5, 0.6) is 5.75 Å². The molecular formula is C24H29N3O3. The summed E-state index contributed by atoms with van der Waals surface area (Å²) in [5, 5.41) is 3.16. The molecule has 0 saturated heterocycles. The predicted molar refractivity (Wildman–Crippen MR) is 114 cm³/mol. The maximum absolute atomic E-state index is 13.3. The van der Waals surface area contributed by atoms with Gasteiger partial charge in [-0.1, -0.05) is 25.0 Å². The summed E-state index contributed by atoms with van der Waals surface area (Å²) >= 11 is 0. The van der Waals surface area contributed by atoms with Crippen molar-refractivity contribution in [1.82, 2.24) is 15.2 Å². The molecule has 30 heavy (non-hydrogen) atoms. The van der Waals surface area contributed by atoms with E-state index in [9.17, 15) is 9.59 Å². The molecule has 1 aromatic carbocycles. The van der Waals surface area contributed by atoms with Crippen molar-refractivity contribution in [3.8, 4) is 5.75 Å². The maximum Gasteiger partial charge on any atom is 0.230 e. The summed E-state index contributed by atoms with van der Waals surface area (Å²) in [7, 11) is 1.65. The van der Waals surface area contributed by atoms with Crippen LogP contribution in [0.1, 0.15) is 55.0 Å². The number of nitrogens with zero attached hydrogens (tertiary/aromatic N) is 2. The lowest BCUT2D eigenvalue weighted by Crippen LogP contribution is -2.42. The Kier molecular flexibility index (Phi) is 5.75. The molecule has 2 amide bonds. The summed E-state index contributed by atoms with van der Waals surface area (Å²) in [4.78, 5) is 31.4. The van der Waals surface area contributed by atoms with Gasteiger partial charge >= 0.3 is 0 Å². The van der Waals surface area contributed by atoms with Crippen molar-refractivity contribution < 1.29 is 14.3 Å². The minimum atomic E-state index is -0.473. The van der Waals surface area contributed by atoms with Gasteiger partial charge in [0, 0.05) is 44.9 Å². The Labute approximate surface area is 177 Å². The smallest absolute Gasteiger partial charge is 0.230 e. The Bertz CT molecular complexity index is 933. The average Bonchev–Trinajstić information content (AvgIpc) is 3.28. The highest BCUT2D eigenvalue weighted by atomic mass is 16.5. The molecule has 1 N–H and O–H groups in total. The van der Waals surface area contributed by atoms with Gasteiger partial charge in [-0.25, -0.2) is 0 Å². The third kappa shape index (κ3) is 3.91. The molecule has 6 nitrogen and oxygen atoms in total. The number of carbonyl (C=O) groups excluding carboxylic acids is 2. The first-order chi connectivity index (χ1) is 14.5. The van der Waals surface area contributed by atoms with E-state index < -0.39 is 5.41 Å². The Morgan fingerprint density at radius 1 is 1.20 bits per heavy atom. The van der Waals surface area contributed by atoms with Gasteiger partial charge in [0.25, 0.3) is 0 Å². The number of aromatic nitrogens is 1. The van der Waals surface area contributed by atoms with Gasteiger partial charge in [0.1, 0.15) is 5.75 Å². The number of methoxy groups -OCH3 is 1. The van der Waals surface area contributed by atoms with E-state index in [2.05, 4.69) is 16.4 Å². The highest BCUT2D eigenvalue weighted by Gasteiger charge is 2.42. The lowest BCUT2D eigenvalue weighted by molar-refractivity contribution is -0.129. The van der Waals surface area contributed by atoms with Crippen molar-refractivity contribution in [2.45, 2.75) is 57.5 Å². The normalized spacial score (nSPS) is 17.3. The second kappa shape index (κ2) is 8.46. The van der Waals surface area contributed by atoms with Crippen LogP contribution < -0.4 is 10.1 Å². The first-order valence-electron chi connectivity index (χ1n) is 10.7. The zero-order valence-electron chi connectivity index (χ0n) is 17.7. The molecule has 0 spiro atoms. The van der Waals surface area contributed by atoms with Gasteiger partial charge in [0.2, 0.25) is 11.8 Å². The van der Waals surface area contributed by atoms with Crippen LogP contribution in [0.3, 0.4) is 0 Å². The molecule has 1 aliphatic carbocycles. The zero-order chi connectivity index (χ0) is 21.1. The summed E-state index contributed by atoms with van der Waals surface area (Å²) in [6.07, 6.45) is 6.46. The second-order valence-electron chi connectivity index (χ2n) is 8.34. The molecule has 6 heteroatoms.